The summed E-state index contributed by atoms with van der Waals surface area (Å²) < 4.78 is 5.14. The third kappa shape index (κ3) is 3.79. The molecule has 6 heteroatoms. The second-order valence-electron chi connectivity index (χ2n) is 5.56. The summed E-state index contributed by atoms with van der Waals surface area (Å²) in [6.07, 6.45) is 3.18. The van der Waals surface area contributed by atoms with E-state index < -0.39 is 5.97 Å². The van der Waals surface area contributed by atoms with E-state index in [1.807, 2.05) is 0 Å². The maximum absolute atomic E-state index is 12.1. The first-order valence-corrected chi connectivity index (χ1v) is 8.02. The van der Waals surface area contributed by atoms with Crippen LogP contribution in [0.2, 0.25) is 5.15 Å². The van der Waals surface area contributed by atoms with Crippen LogP contribution in [0.5, 0.6) is 0 Å². The number of carbonyl (C=O) groups excluding carboxylic acids is 2. The monoisotopic (exact) mass is 332 g/mol. The molecule has 1 saturated heterocycles. The van der Waals surface area contributed by atoms with E-state index in [0.29, 0.717) is 16.2 Å². The van der Waals surface area contributed by atoms with Crippen LogP contribution in [0.1, 0.15) is 29.6 Å². The van der Waals surface area contributed by atoms with E-state index >= 15 is 0 Å². The highest BCUT2D eigenvalue weighted by Gasteiger charge is 2.18. The van der Waals surface area contributed by atoms with Gasteiger partial charge in [0.25, 0.3) is 5.91 Å². The molecule has 0 bridgehead atoms. The van der Waals surface area contributed by atoms with Gasteiger partial charge in [-0.1, -0.05) is 11.6 Å². The number of benzene rings is 1. The Morgan fingerprint density at radius 1 is 1.13 bits per heavy atom. The summed E-state index contributed by atoms with van der Waals surface area (Å²) in [5.41, 5.74) is 1.10. The largest absolute Gasteiger partial charge is 0.452 e. The molecule has 1 amide bonds. The predicted octanol–water partition coefficient (Wildman–Crippen LogP) is 3.06. The van der Waals surface area contributed by atoms with E-state index in [9.17, 15) is 9.59 Å². The van der Waals surface area contributed by atoms with E-state index in [2.05, 4.69) is 4.98 Å². The van der Waals surface area contributed by atoms with Crippen molar-refractivity contribution in [2.45, 2.75) is 19.3 Å². The molecule has 0 unspecified atom stereocenters. The van der Waals surface area contributed by atoms with Crippen LogP contribution in [-0.2, 0) is 9.53 Å². The number of hydrogen-bond donors (Lipinski definition) is 0. The molecule has 0 aliphatic carbocycles. The van der Waals surface area contributed by atoms with Gasteiger partial charge in [-0.2, -0.15) is 0 Å². The molecule has 2 heterocycles. The van der Waals surface area contributed by atoms with Crippen LogP contribution in [0.15, 0.2) is 30.3 Å². The van der Waals surface area contributed by atoms with E-state index in [-0.39, 0.29) is 12.5 Å². The highest BCUT2D eigenvalue weighted by Crippen LogP contribution is 2.17. The Hall–Kier alpha value is -2.14. The topological polar surface area (TPSA) is 59.5 Å². The first-order valence-electron chi connectivity index (χ1n) is 7.65. The molecule has 120 valence electrons. The van der Waals surface area contributed by atoms with Crippen LogP contribution in [-0.4, -0.2) is 41.5 Å². The molecule has 0 N–H and O–H groups in total. The summed E-state index contributed by atoms with van der Waals surface area (Å²) in [5.74, 6) is -0.639. The second kappa shape index (κ2) is 6.96. The van der Waals surface area contributed by atoms with E-state index in [1.54, 1.807) is 35.2 Å². The second-order valence-corrected chi connectivity index (χ2v) is 5.95. The van der Waals surface area contributed by atoms with Gasteiger partial charge < -0.3 is 9.64 Å². The summed E-state index contributed by atoms with van der Waals surface area (Å²) in [4.78, 5) is 30.0. The Balaban J connectivity index is 1.63. The molecular weight excluding hydrogens is 316 g/mol. The van der Waals surface area contributed by atoms with Crippen LogP contribution in [0, 0.1) is 0 Å². The number of hydrogen-bond acceptors (Lipinski definition) is 4. The Labute approximate surface area is 139 Å². The molecule has 0 spiro atoms. The number of rotatable bonds is 3. The van der Waals surface area contributed by atoms with Gasteiger partial charge in [0.05, 0.1) is 11.1 Å². The lowest BCUT2D eigenvalue weighted by Crippen LogP contribution is -2.38. The lowest BCUT2D eigenvalue weighted by Gasteiger charge is -2.26. The van der Waals surface area contributed by atoms with Gasteiger partial charge in [-0.3, -0.25) is 4.79 Å². The lowest BCUT2D eigenvalue weighted by molar-refractivity contribution is -0.135. The van der Waals surface area contributed by atoms with E-state index in [1.165, 1.54) is 0 Å². The molecule has 2 aromatic rings. The molecule has 3 rings (SSSR count). The normalized spacial score (nSPS) is 14.7. The number of pyridine rings is 1. The SMILES string of the molecule is O=C(OCC(=O)N1CCCCC1)c1ccc2nc(Cl)ccc2c1. The smallest absolute Gasteiger partial charge is 0.338 e. The number of ether oxygens (including phenoxy) is 1. The van der Waals surface area contributed by atoms with Crippen molar-refractivity contribution in [3.8, 4) is 0 Å². The summed E-state index contributed by atoms with van der Waals surface area (Å²) in [7, 11) is 0. The van der Waals surface area contributed by atoms with Gasteiger partial charge in [0.2, 0.25) is 0 Å². The average Bonchev–Trinajstić information content (AvgIpc) is 2.59. The van der Waals surface area contributed by atoms with Gasteiger partial charge in [0, 0.05) is 18.5 Å². The fourth-order valence-electron chi connectivity index (χ4n) is 2.67. The molecule has 1 aromatic carbocycles. The number of likely N-dealkylation sites (tertiary alicyclic amines) is 1. The van der Waals surface area contributed by atoms with Gasteiger partial charge in [0.15, 0.2) is 6.61 Å². The van der Waals surface area contributed by atoms with Gasteiger partial charge in [-0.05, 0) is 49.6 Å². The molecule has 1 aliphatic heterocycles. The fraction of sp³-hybridized carbons (Fsp3) is 0.353. The van der Waals surface area contributed by atoms with Gasteiger partial charge in [-0.15, -0.1) is 0 Å². The van der Waals surface area contributed by atoms with Crippen molar-refractivity contribution in [1.82, 2.24) is 9.88 Å². The minimum atomic E-state index is -0.507. The van der Waals surface area contributed by atoms with Crippen LogP contribution in [0.4, 0.5) is 0 Å². The highest BCUT2D eigenvalue weighted by atomic mass is 35.5. The first kappa shape index (κ1) is 15.7. The Morgan fingerprint density at radius 2 is 1.91 bits per heavy atom. The molecule has 0 atom stereocenters. The number of esters is 1. The Bertz CT molecular complexity index is 742. The maximum atomic E-state index is 12.1. The summed E-state index contributed by atoms with van der Waals surface area (Å²) in [6, 6.07) is 8.48. The van der Waals surface area contributed by atoms with Crippen molar-refractivity contribution >= 4 is 34.4 Å². The van der Waals surface area contributed by atoms with Crippen LogP contribution in [0.25, 0.3) is 10.9 Å². The average molecular weight is 333 g/mol. The summed E-state index contributed by atoms with van der Waals surface area (Å²) >= 11 is 5.83. The maximum Gasteiger partial charge on any atom is 0.338 e. The standard InChI is InChI=1S/C17H17ClN2O3/c18-15-7-5-12-10-13(4-6-14(12)19-15)17(22)23-11-16(21)20-8-2-1-3-9-20/h4-7,10H,1-3,8-9,11H2. The molecule has 23 heavy (non-hydrogen) atoms. The third-order valence-electron chi connectivity index (χ3n) is 3.93. The lowest BCUT2D eigenvalue weighted by atomic mass is 10.1. The van der Waals surface area contributed by atoms with Crippen molar-refractivity contribution in [1.29, 1.82) is 0 Å². The predicted molar refractivity (Wildman–Crippen MR) is 87.5 cm³/mol. The van der Waals surface area contributed by atoms with E-state index in [4.69, 9.17) is 16.3 Å². The zero-order valence-corrected chi connectivity index (χ0v) is 13.4. The first-order chi connectivity index (χ1) is 11.1. The highest BCUT2D eigenvalue weighted by molar-refractivity contribution is 6.29. The Kier molecular flexibility index (Phi) is 4.76. The van der Waals surface area contributed by atoms with Crippen molar-refractivity contribution in [3.63, 3.8) is 0 Å². The number of halogens is 1. The van der Waals surface area contributed by atoms with Crippen molar-refractivity contribution in [2.24, 2.45) is 0 Å². The zero-order chi connectivity index (χ0) is 16.2. The van der Waals surface area contributed by atoms with Crippen molar-refractivity contribution < 1.29 is 14.3 Å². The Morgan fingerprint density at radius 3 is 2.70 bits per heavy atom. The minimum absolute atomic E-state index is 0.132. The van der Waals surface area contributed by atoms with Gasteiger partial charge >= 0.3 is 5.97 Å². The molecule has 0 radical (unpaired) electrons. The van der Waals surface area contributed by atoms with Crippen LogP contribution in [0.3, 0.4) is 0 Å². The quantitative estimate of drug-likeness (QED) is 0.640. The molecule has 1 fully saturated rings. The molecule has 1 aliphatic rings. The van der Waals surface area contributed by atoms with Gasteiger partial charge in [0.1, 0.15) is 5.15 Å². The van der Waals surface area contributed by atoms with Crippen molar-refractivity contribution in [3.05, 3.63) is 41.0 Å². The fourth-order valence-corrected chi connectivity index (χ4v) is 2.83. The zero-order valence-electron chi connectivity index (χ0n) is 12.6. The molecule has 5 nitrogen and oxygen atoms in total. The number of fused-ring (bicyclic) bond motifs is 1. The molecule has 1 aromatic heterocycles. The molecular formula is C17H17ClN2O3. The number of amides is 1. The van der Waals surface area contributed by atoms with Gasteiger partial charge in [-0.25, -0.2) is 9.78 Å². The number of aromatic nitrogens is 1. The summed E-state index contributed by atoms with van der Waals surface area (Å²) in [6.45, 7) is 1.29. The number of carbonyl (C=O) groups is 2. The third-order valence-corrected chi connectivity index (χ3v) is 4.14. The van der Waals surface area contributed by atoms with E-state index in [0.717, 1.165) is 37.7 Å². The summed E-state index contributed by atoms with van der Waals surface area (Å²) in [5, 5.41) is 1.20. The van der Waals surface area contributed by atoms with Crippen LogP contribution >= 0.6 is 11.6 Å². The van der Waals surface area contributed by atoms with Crippen LogP contribution < -0.4 is 0 Å². The minimum Gasteiger partial charge on any atom is -0.452 e. The number of nitrogens with zero attached hydrogens (tertiary/aromatic N) is 2. The molecule has 0 saturated carbocycles. The van der Waals surface area contributed by atoms with Crippen molar-refractivity contribution in [2.75, 3.05) is 19.7 Å². The number of piperidine rings is 1.